The van der Waals surface area contributed by atoms with E-state index in [1.807, 2.05) is 0 Å². The average molecular weight is 332 g/mol. The van der Waals surface area contributed by atoms with Crippen LogP contribution in [0, 0.1) is 0 Å². The van der Waals surface area contributed by atoms with E-state index < -0.39 is 17.9 Å². The van der Waals surface area contributed by atoms with Gasteiger partial charge in [0, 0.05) is 19.2 Å². The van der Waals surface area contributed by atoms with Gasteiger partial charge in [-0.3, -0.25) is 19.5 Å². The number of esters is 1. The SMILES string of the molecule is COC(=O)C[C@@H]1C(=O)NCCN1C(=O)c1cc(-c2ccco2)[nH]n1. The maximum atomic E-state index is 12.7. The molecule has 3 rings (SSSR count). The van der Waals surface area contributed by atoms with E-state index >= 15 is 0 Å². The lowest BCUT2D eigenvalue weighted by atomic mass is 10.1. The van der Waals surface area contributed by atoms with Gasteiger partial charge in [-0.15, -0.1) is 0 Å². The lowest BCUT2D eigenvalue weighted by molar-refractivity contribution is -0.145. The molecule has 0 unspecified atom stereocenters. The number of ether oxygens (including phenoxy) is 1. The highest BCUT2D eigenvalue weighted by atomic mass is 16.5. The number of amides is 2. The maximum Gasteiger partial charge on any atom is 0.308 e. The Balaban J connectivity index is 1.81. The first kappa shape index (κ1) is 15.8. The fraction of sp³-hybridized carbons (Fsp3) is 0.333. The number of nitrogens with zero attached hydrogens (tertiary/aromatic N) is 2. The smallest absolute Gasteiger partial charge is 0.308 e. The number of piperazine rings is 1. The number of aromatic nitrogens is 2. The van der Waals surface area contributed by atoms with E-state index in [0.717, 1.165) is 0 Å². The van der Waals surface area contributed by atoms with Crippen LogP contribution in [0.3, 0.4) is 0 Å². The summed E-state index contributed by atoms with van der Waals surface area (Å²) in [6.45, 7) is 0.604. The fourth-order valence-corrected chi connectivity index (χ4v) is 2.54. The van der Waals surface area contributed by atoms with Crippen LogP contribution in [-0.2, 0) is 14.3 Å². The van der Waals surface area contributed by atoms with Crippen LogP contribution in [0.1, 0.15) is 16.9 Å². The van der Waals surface area contributed by atoms with E-state index in [0.29, 0.717) is 18.0 Å². The Morgan fingerprint density at radius 2 is 2.33 bits per heavy atom. The van der Waals surface area contributed by atoms with Crippen LogP contribution in [0.4, 0.5) is 0 Å². The van der Waals surface area contributed by atoms with E-state index in [9.17, 15) is 14.4 Å². The minimum atomic E-state index is -0.914. The number of hydrogen-bond donors (Lipinski definition) is 2. The van der Waals surface area contributed by atoms with Gasteiger partial charge < -0.3 is 19.4 Å². The number of carbonyl (C=O) groups is 3. The van der Waals surface area contributed by atoms with Crippen molar-refractivity contribution in [3.63, 3.8) is 0 Å². The van der Waals surface area contributed by atoms with E-state index in [4.69, 9.17) is 4.42 Å². The normalized spacial score (nSPS) is 17.5. The van der Waals surface area contributed by atoms with Crippen LogP contribution in [0.2, 0.25) is 0 Å². The molecule has 0 radical (unpaired) electrons. The molecule has 1 aliphatic rings. The van der Waals surface area contributed by atoms with E-state index in [2.05, 4.69) is 20.3 Å². The zero-order valence-corrected chi connectivity index (χ0v) is 12.9. The zero-order chi connectivity index (χ0) is 17.1. The Kier molecular flexibility index (Phi) is 4.32. The van der Waals surface area contributed by atoms with Crippen LogP contribution >= 0.6 is 0 Å². The Morgan fingerprint density at radius 1 is 1.50 bits per heavy atom. The number of H-pyrrole nitrogens is 1. The molecular formula is C15H16N4O5. The van der Waals surface area contributed by atoms with Crippen LogP contribution in [-0.4, -0.2) is 59.1 Å². The molecule has 2 N–H and O–H groups in total. The van der Waals surface area contributed by atoms with Crippen LogP contribution < -0.4 is 5.32 Å². The molecule has 0 aromatic carbocycles. The standard InChI is InChI=1S/C15H16N4O5/c1-23-13(20)8-11-14(21)16-4-5-19(11)15(22)10-7-9(17-18-10)12-3-2-6-24-12/h2-3,6-7,11H,4-5,8H2,1H3,(H,16,21)(H,17,18)/t11-/m1/s1. The average Bonchev–Trinajstić information content (AvgIpc) is 3.26. The van der Waals surface area contributed by atoms with Crippen LogP contribution in [0.5, 0.6) is 0 Å². The van der Waals surface area contributed by atoms with Gasteiger partial charge in [0.15, 0.2) is 11.5 Å². The number of furan rings is 1. The molecule has 2 aromatic heterocycles. The summed E-state index contributed by atoms with van der Waals surface area (Å²) in [5.74, 6) is -0.841. The second kappa shape index (κ2) is 6.57. The first-order valence-corrected chi connectivity index (χ1v) is 7.35. The molecule has 3 heterocycles. The Hall–Kier alpha value is -3.10. The molecule has 1 saturated heterocycles. The molecule has 9 nitrogen and oxygen atoms in total. The molecule has 0 spiro atoms. The number of nitrogens with one attached hydrogen (secondary N) is 2. The molecule has 1 aliphatic heterocycles. The van der Waals surface area contributed by atoms with Crippen molar-refractivity contribution in [2.45, 2.75) is 12.5 Å². The molecule has 24 heavy (non-hydrogen) atoms. The van der Waals surface area contributed by atoms with Crippen molar-refractivity contribution in [3.8, 4) is 11.5 Å². The second-order valence-electron chi connectivity index (χ2n) is 5.23. The lowest BCUT2D eigenvalue weighted by Gasteiger charge is -2.33. The molecule has 2 aromatic rings. The lowest BCUT2D eigenvalue weighted by Crippen LogP contribution is -2.57. The van der Waals surface area contributed by atoms with Gasteiger partial charge in [0.2, 0.25) is 5.91 Å². The molecule has 1 atom stereocenters. The monoisotopic (exact) mass is 332 g/mol. The number of hydrogen-bond acceptors (Lipinski definition) is 6. The summed E-state index contributed by atoms with van der Waals surface area (Å²) in [5, 5.41) is 9.35. The largest absolute Gasteiger partial charge is 0.469 e. The quantitative estimate of drug-likeness (QED) is 0.771. The summed E-state index contributed by atoms with van der Waals surface area (Å²) in [4.78, 5) is 37.6. The highest BCUT2D eigenvalue weighted by Crippen LogP contribution is 2.20. The topological polar surface area (TPSA) is 118 Å². The van der Waals surface area contributed by atoms with Gasteiger partial charge in [-0.1, -0.05) is 0 Å². The molecule has 0 aliphatic carbocycles. The summed E-state index contributed by atoms with van der Waals surface area (Å²) < 4.78 is 9.84. The molecule has 126 valence electrons. The number of rotatable bonds is 4. The number of carbonyl (C=O) groups excluding carboxylic acids is 3. The molecule has 0 saturated carbocycles. The Morgan fingerprint density at radius 3 is 3.04 bits per heavy atom. The van der Waals surface area contributed by atoms with Crippen LogP contribution in [0.25, 0.3) is 11.5 Å². The van der Waals surface area contributed by atoms with Gasteiger partial charge in [-0.05, 0) is 12.1 Å². The predicted octanol–water partition coefficient (Wildman–Crippen LogP) is 0.173. The van der Waals surface area contributed by atoms with Gasteiger partial charge in [-0.2, -0.15) is 5.10 Å². The van der Waals surface area contributed by atoms with Crippen molar-refractivity contribution in [2.75, 3.05) is 20.2 Å². The first-order valence-electron chi connectivity index (χ1n) is 7.35. The summed E-state index contributed by atoms with van der Waals surface area (Å²) in [5.41, 5.74) is 0.695. The molecule has 2 amide bonds. The van der Waals surface area contributed by atoms with Crippen LogP contribution in [0.15, 0.2) is 28.9 Å². The Bertz CT molecular complexity index is 752. The molecule has 0 bridgehead atoms. The van der Waals surface area contributed by atoms with Crippen molar-refractivity contribution < 1.29 is 23.5 Å². The highest BCUT2D eigenvalue weighted by Gasteiger charge is 2.36. The Labute approximate surface area is 137 Å². The highest BCUT2D eigenvalue weighted by molar-refractivity contribution is 5.98. The minimum Gasteiger partial charge on any atom is -0.469 e. The van der Waals surface area contributed by atoms with Crippen molar-refractivity contribution in [1.29, 1.82) is 0 Å². The first-order chi connectivity index (χ1) is 11.6. The second-order valence-corrected chi connectivity index (χ2v) is 5.23. The van der Waals surface area contributed by atoms with Crippen molar-refractivity contribution in [1.82, 2.24) is 20.4 Å². The van der Waals surface area contributed by atoms with Gasteiger partial charge in [-0.25, -0.2) is 0 Å². The van der Waals surface area contributed by atoms with E-state index in [1.165, 1.54) is 18.3 Å². The zero-order valence-electron chi connectivity index (χ0n) is 12.9. The van der Waals surface area contributed by atoms with Crippen molar-refractivity contribution >= 4 is 17.8 Å². The molecule has 9 heteroatoms. The van der Waals surface area contributed by atoms with Gasteiger partial charge in [0.1, 0.15) is 11.7 Å². The predicted molar refractivity (Wildman–Crippen MR) is 80.8 cm³/mol. The third kappa shape index (κ3) is 3.00. The summed E-state index contributed by atoms with van der Waals surface area (Å²) in [6, 6.07) is 4.08. The van der Waals surface area contributed by atoms with Gasteiger partial charge in [0.05, 0.1) is 19.8 Å². The third-order valence-electron chi connectivity index (χ3n) is 3.76. The maximum absolute atomic E-state index is 12.7. The summed E-state index contributed by atoms with van der Waals surface area (Å²) in [7, 11) is 1.23. The van der Waals surface area contributed by atoms with E-state index in [1.54, 1.807) is 18.2 Å². The number of methoxy groups -OCH3 is 1. The van der Waals surface area contributed by atoms with Crippen molar-refractivity contribution in [2.24, 2.45) is 0 Å². The fourth-order valence-electron chi connectivity index (χ4n) is 2.54. The van der Waals surface area contributed by atoms with Gasteiger partial charge >= 0.3 is 5.97 Å². The minimum absolute atomic E-state index is 0.144. The summed E-state index contributed by atoms with van der Waals surface area (Å²) in [6.07, 6.45) is 1.31. The molecule has 1 fully saturated rings. The summed E-state index contributed by atoms with van der Waals surface area (Å²) >= 11 is 0. The third-order valence-corrected chi connectivity index (χ3v) is 3.76. The van der Waals surface area contributed by atoms with Gasteiger partial charge in [0.25, 0.3) is 5.91 Å². The van der Waals surface area contributed by atoms with Crippen molar-refractivity contribution in [3.05, 3.63) is 30.2 Å². The molecular weight excluding hydrogens is 316 g/mol. The number of aromatic amines is 1. The van der Waals surface area contributed by atoms with E-state index in [-0.39, 0.29) is 24.6 Å².